The van der Waals surface area contributed by atoms with E-state index in [1.165, 1.54) is 19.3 Å². The second-order valence-corrected chi connectivity index (χ2v) is 4.13. The molecule has 1 aromatic carbocycles. The number of nitrogens with two attached hydrogens (primary N) is 1. The summed E-state index contributed by atoms with van der Waals surface area (Å²) in [6.45, 7) is 1.54. The Morgan fingerprint density at radius 2 is 2.20 bits per heavy atom. The molecular formula is C12H16N2O. The maximum Gasteiger partial charge on any atom is 0.161 e. The molecule has 0 unspecified atom stereocenters. The Morgan fingerprint density at radius 3 is 2.73 bits per heavy atom. The molecule has 0 aromatic heterocycles. The van der Waals surface area contributed by atoms with Gasteiger partial charge in [0, 0.05) is 23.0 Å². The molecule has 0 saturated heterocycles. The molecule has 2 rings (SSSR count). The topological polar surface area (TPSA) is 55.1 Å². The minimum atomic E-state index is 0.0183. The predicted molar refractivity (Wildman–Crippen MR) is 62.1 cm³/mol. The summed E-state index contributed by atoms with van der Waals surface area (Å²) in [5.41, 5.74) is 7.89. The number of nitrogen functional groups attached to an aromatic ring is 1. The van der Waals surface area contributed by atoms with Crippen LogP contribution < -0.4 is 11.1 Å². The average molecular weight is 204 g/mol. The van der Waals surface area contributed by atoms with Crippen LogP contribution in [-0.4, -0.2) is 11.8 Å². The minimum Gasteiger partial charge on any atom is -0.398 e. The average Bonchev–Trinajstić information content (AvgIpc) is 2.13. The number of rotatable bonds is 3. The third kappa shape index (κ3) is 2.12. The highest BCUT2D eigenvalue weighted by atomic mass is 16.1. The van der Waals surface area contributed by atoms with Crippen molar-refractivity contribution in [3.63, 3.8) is 0 Å². The van der Waals surface area contributed by atoms with E-state index in [1.54, 1.807) is 13.0 Å². The number of ketones is 1. The molecule has 1 fully saturated rings. The molecule has 1 aromatic rings. The molecule has 0 bridgehead atoms. The van der Waals surface area contributed by atoms with Gasteiger partial charge in [0.15, 0.2) is 5.78 Å². The van der Waals surface area contributed by atoms with Crippen LogP contribution >= 0.6 is 0 Å². The monoisotopic (exact) mass is 204 g/mol. The van der Waals surface area contributed by atoms with Crippen LogP contribution in [0.15, 0.2) is 18.2 Å². The largest absolute Gasteiger partial charge is 0.398 e. The summed E-state index contributed by atoms with van der Waals surface area (Å²) in [5.74, 6) is 0.0183. The van der Waals surface area contributed by atoms with Crippen molar-refractivity contribution in [3.8, 4) is 0 Å². The van der Waals surface area contributed by atoms with E-state index in [1.807, 2.05) is 12.1 Å². The number of Topliss-reactive ketones (excluding diaryl/α,β-unsaturated/α-hetero) is 1. The Kier molecular flexibility index (Phi) is 2.62. The van der Waals surface area contributed by atoms with Gasteiger partial charge in [0.2, 0.25) is 0 Å². The van der Waals surface area contributed by atoms with Gasteiger partial charge in [-0.2, -0.15) is 0 Å². The van der Waals surface area contributed by atoms with Crippen LogP contribution in [-0.2, 0) is 0 Å². The number of anilines is 2. The Labute approximate surface area is 89.7 Å². The van der Waals surface area contributed by atoms with Crippen molar-refractivity contribution in [3.05, 3.63) is 23.8 Å². The molecular weight excluding hydrogens is 188 g/mol. The van der Waals surface area contributed by atoms with Gasteiger partial charge < -0.3 is 11.1 Å². The molecule has 1 aliphatic rings. The molecule has 0 aliphatic heterocycles. The van der Waals surface area contributed by atoms with Crippen LogP contribution in [0, 0.1) is 0 Å². The van der Waals surface area contributed by atoms with Gasteiger partial charge in [-0.3, -0.25) is 4.79 Å². The third-order valence-electron chi connectivity index (χ3n) is 2.91. The Balaban J connectivity index is 2.17. The minimum absolute atomic E-state index is 0.0183. The standard InChI is InChI=1S/C12H16N2O/c1-8(15)11-7-10(5-6-12(11)13)14-9-3-2-4-9/h5-7,9,14H,2-4,13H2,1H3. The summed E-state index contributed by atoms with van der Waals surface area (Å²) < 4.78 is 0. The summed E-state index contributed by atoms with van der Waals surface area (Å²) >= 11 is 0. The zero-order valence-electron chi connectivity index (χ0n) is 8.92. The second kappa shape index (κ2) is 3.93. The first-order valence-corrected chi connectivity index (χ1v) is 5.34. The van der Waals surface area contributed by atoms with Crippen LogP contribution in [0.1, 0.15) is 36.5 Å². The van der Waals surface area contributed by atoms with E-state index in [2.05, 4.69) is 5.32 Å². The van der Waals surface area contributed by atoms with Crippen molar-refractivity contribution in [1.82, 2.24) is 0 Å². The van der Waals surface area contributed by atoms with E-state index in [-0.39, 0.29) is 5.78 Å². The molecule has 0 heterocycles. The van der Waals surface area contributed by atoms with Gasteiger partial charge in [-0.1, -0.05) is 0 Å². The summed E-state index contributed by atoms with van der Waals surface area (Å²) in [6.07, 6.45) is 3.74. The fraction of sp³-hybridized carbons (Fsp3) is 0.417. The van der Waals surface area contributed by atoms with E-state index in [0.29, 0.717) is 17.3 Å². The Hall–Kier alpha value is -1.51. The maximum absolute atomic E-state index is 11.3. The van der Waals surface area contributed by atoms with Crippen molar-refractivity contribution in [2.24, 2.45) is 0 Å². The van der Waals surface area contributed by atoms with Gasteiger partial charge in [0.25, 0.3) is 0 Å². The lowest BCUT2D eigenvalue weighted by molar-refractivity contribution is 0.101. The highest BCUT2D eigenvalue weighted by molar-refractivity contribution is 6.00. The molecule has 1 saturated carbocycles. The van der Waals surface area contributed by atoms with E-state index in [0.717, 1.165) is 5.69 Å². The number of carbonyl (C=O) groups is 1. The number of hydrogen-bond donors (Lipinski definition) is 2. The quantitative estimate of drug-likeness (QED) is 0.587. The highest BCUT2D eigenvalue weighted by Gasteiger charge is 2.17. The molecule has 15 heavy (non-hydrogen) atoms. The Morgan fingerprint density at radius 1 is 1.47 bits per heavy atom. The van der Waals surface area contributed by atoms with Gasteiger partial charge in [-0.25, -0.2) is 0 Å². The van der Waals surface area contributed by atoms with Crippen LogP contribution in [0.25, 0.3) is 0 Å². The zero-order chi connectivity index (χ0) is 10.8. The lowest BCUT2D eigenvalue weighted by atomic mass is 9.93. The SMILES string of the molecule is CC(=O)c1cc(NC2CCC2)ccc1N. The van der Waals surface area contributed by atoms with Crippen molar-refractivity contribution < 1.29 is 4.79 Å². The zero-order valence-corrected chi connectivity index (χ0v) is 8.92. The normalized spacial score (nSPS) is 15.8. The van der Waals surface area contributed by atoms with Crippen LogP contribution in [0.2, 0.25) is 0 Å². The highest BCUT2D eigenvalue weighted by Crippen LogP contribution is 2.25. The van der Waals surface area contributed by atoms with Crippen LogP contribution in [0.4, 0.5) is 11.4 Å². The molecule has 80 valence electrons. The van der Waals surface area contributed by atoms with Gasteiger partial charge in [0.05, 0.1) is 0 Å². The van der Waals surface area contributed by atoms with E-state index < -0.39 is 0 Å². The lowest BCUT2D eigenvalue weighted by Crippen LogP contribution is -2.27. The Bertz CT molecular complexity index is 383. The van der Waals surface area contributed by atoms with Crippen molar-refractivity contribution in [1.29, 1.82) is 0 Å². The summed E-state index contributed by atoms with van der Waals surface area (Å²) in [7, 11) is 0. The van der Waals surface area contributed by atoms with Gasteiger partial charge >= 0.3 is 0 Å². The first kappa shape index (κ1) is 10.0. The number of nitrogens with one attached hydrogen (secondary N) is 1. The van der Waals surface area contributed by atoms with Gasteiger partial charge in [0.1, 0.15) is 0 Å². The summed E-state index contributed by atoms with van der Waals surface area (Å²) in [5, 5.41) is 3.39. The maximum atomic E-state index is 11.3. The molecule has 3 N–H and O–H groups in total. The van der Waals surface area contributed by atoms with E-state index >= 15 is 0 Å². The lowest BCUT2D eigenvalue weighted by Gasteiger charge is -2.27. The molecule has 3 heteroatoms. The van der Waals surface area contributed by atoms with Gasteiger partial charge in [-0.05, 0) is 44.4 Å². The first-order chi connectivity index (χ1) is 7.16. The number of carbonyl (C=O) groups excluding carboxylic acids is 1. The van der Waals surface area contributed by atoms with E-state index in [4.69, 9.17) is 5.73 Å². The first-order valence-electron chi connectivity index (χ1n) is 5.34. The third-order valence-corrected chi connectivity index (χ3v) is 2.91. The molecule has 3 nitrogen and oxygen atoms in total. The fourth-order valence-corrected chi connectivity index (χ4v) is 1.74. The van der Waals surface area contributed by atoms with Crippen molar-refractivity contribution >= 4 is 17.2 Å². The van der Waals surface area contributed by atoms with Crippen LogP contribution in [0.3, 0.4) is 0 Å². The predicted octanol–water partition coefficient (Wildman–Crippen LogP) is 2.44. The van der Waals surface area contributed by atoms with Crippen LogP contribution in [0.5, 0.6) is 0 Å². The van der Waals surface area contributed by atoms with Gasteiger partial charge in [-0.15, -0.1) is 0 Å². The molecule has 0 atom stereocenters. The number of hydrogen-bond acceptors (Lipinski definition) is 3. The smallest absolute Gasteiger partial charge is 0.161 e. The van der Waals surface area contributed by atoms with Crippen molar-refractivity contribution in [2.75, 3.05) is 11.1 Å². The van der Waals surface area contributed by atoms with E-state index in [9.17, 15) is 4.79 Å². The molecule has 0 spiro atoms. The summed E-state index contributed by atoms with van der Waals surface area (Å²) in [6, 6.07) is 6.14. The second-order valence-electron chi connectivity index (χ2n) is 4.13. The summed E-state index contributed by atoms with van der Waals surface area (Å²) in [4.78, 5) is 11.3. The molecule has 1 aliphatic carbocycles. The van der Waals surface area contributed by atoms with Crippen molar-refractivity contribution in [2.45, 2.75) is 32.2 Å². The molecule has 0 radical (unpaired) electrons. The fourth-order valence-electron chi connectivity index (χ4n) is 1.74. The number of benzene rings is 1. The molecule has 0 amide bonds.